The molecular weight excluding hydrogens is 320 g/mol. The van der Waals surface area contributed by atoms with Crippen LogP contribution in [0.15, 0.2) is 11.5 Å². The fourth-order valence-electron chi connectivity index (χ4n) is 2.40. The zero-order valence-electron chi connectivity index (χ0n) is 11.9. The molecule has 0 radical (unpaired) electrons. The number of fused-ring (bicyclic) bond motifs is 3. The van der Waals surface area contributed by atoms with Crippen molar-refractivity contribution in [2.24, 2.45) is 0 Å². The van der Waals surface area contributed by atoms with Gasteiger partial charge >= 0.3 is 0 Å². The lowest BCUT2D eigenvalue weighted by atomic mass is 10.2. The summed E-state index contributed by atoms with van der Waals surface area (Å²) in [7, 11) is -1.36. The van der Waals surface area contributed by atoms with Crippen LogP contribution in [0.25, 0.3) is 26.2 Å². The normalized spacial score (nSPS) is 13.0. The number of hydrogen-bond acceptors (Lipinski definition) is 4. The highest BCUT2D eigenvalue weighted by Gasteiger charge is 2.27. The third-order valence-corrected chi connectivity index (χ3v) is 10.5. The summed E-state index contributed by atoms with van der Waals surface area (Å²) in [5.41, 5.74) is 0. The third-order valence-electron chi connectivity index (χ3n) is 3.25. The second-order valence-corrected chi connectivity index (χ2v) is 14.2. The van der Waals surface area contributed by atoms with Crippen LogP contribution in [0.4, 0.5) is 0 Å². The van der Waals surface area contributed by atoms with Crippen LogP contribution in [0.1, 0.15) is 21.5 Å². The lowest BCUT2D eigenvalue weighted by Gasteiger charge is -2.13. The van der Waals surface area contributed by atoms with Gasteiger partial charge in [0.05, 0.1) is 13.0 Å². The molecular formula is C15H16OS3Si. The van der Waals surface area contributed by atoms with E-state index in [1.807, 2.05) is 22.7 Å². The highest BCUT2D eigenvalue weighted by Crippen LogP contribution is 2.43. The molecule has 3 aromatic heterocycles. The van der Waals surface area contributed by atoms with Crippen LogP contribution in [0.5, 0.6) is 0 Å². The van der Waals surface area contributed by atoms with Gasteiger partial charge in [-0.15, -0.1) is 34.0 Å². The predicted octanol–water partition coefficient (Wildman–Crippen LogP) is 5.57. The first-order chi connectivity index (χ1) is 9.47. The fraction of sp³-hybridized carbons (Fsp3) is 0.267. The van der Waals surface area contributed by atoms with E-state index >= 15 is 0 Å². The molecule has 3 aromatic rings. The molecule has 0 aliphatic carbocycles. The maximum absolute atomic E-state index is 11.3. The number of allylic oxidation sites excluding steroid dienone is 1. The molecule has 1 nitrogen and oxygen atoms in total. The molecule has 3 heterocycles. The van der Waals surface area contributed by atoms with E-state index in [0.29, 0.717) is 0 Å². The maximum atomic E-state index is 11.3. The average Bonchev–Trinajstić information content (AvgIpc) is 2.98. The number of carbonyl (C=O) groups is 1. The van der Waals surface area contributed by atoms with Gasteiger partial charge in [0.25, 0.3) is 0 Å². The van der Waals surface area contributed by atoms with Gasteiger partial charge in [-0.1, -0.05) is 25.7 Å². The van der Waals surface area contributed by atoms with E-state index in [4.69, 9.17) is 0 Å². The molecule has 3 rings (SSSR count). The fourth-order valence-corrected chi connectivity index (χ4v) is 9.16. The minimum Gasteiger partial charge on any atom is -0.297 e. The predicted molar refractivity (Wildman–Crippen MR) is 98.2 cm³/mol. The Balaban J connectivity index is 2.49. The van der Waals surface area contributed by atoms with Gasteiger partial charge in [-0.05, 0) is 13.0 Å². The lowest BCUT2D eigenvalue weighted by Crippen LogP contribution is -2.35. The first-order valence-corrected chi connectivity index (χ1v) is 12.5. The van der Waals surface area contributed by atoms with E-state index in [1.54, 1.807) is 15.8 Å². The van der Waals surface area contributed by atoms with Gasteiger partial charge in [-0.25, -0.2) is 0 Å². The molecule has 0 spiro atoms. The standard InChI is InChI=1S/C15H16OS3Si/c1-5-6-9-13-12-10(7-16)17-8-11(12)18-14(13)15(19-9)20(2,3)4/h5-8H,1-4H3. The van der Waals surface area contributed by atoms with Gasteiger partial charge in [0, 0.05) is 34.9 Å². The van der Waals surface area contributed by atoms with Gasteiger partial charge in [-0.2, -0.15) is 0 Å². The molecule has 5 heteroatoms. The second-order valence-electron chi connectivity index (χ2n) is 5.81. The van der Waals surface area contributed by atoms with Gasteiger partial charge in [0.2, 0.25) is 0 Å². The summed E-state index contributed by atoms with van der Waals surface area (Å²) in [5.74, 6) is 0. The van der Waals surface area contributed by atoms with Crippen molar-refractivity contribution >= 4 is 79.1 Å². The number of aldehydes is 1. The average molecular weight is 337 g/mol. The Kier molecular flexibility index (Phi) is 3.49. The Morgan fingerprint density at radius 2 is 1.85 bits per heavy atom. The number of carbonyl (C=O) groups excluding carboxylic acids is 1. The molecule has 0 aromatic carbocycles. The van der Waals surface area contributed by atoms with Crippen molar-refractivity contribution in [3.8, 4) is 0 Å². The molecule has 0 atom stereocenters. The molecule has 0 N–H and O–H groups in total. The van der Waals surface area contributed by atoms with Crippen molar-refractivity contribution in [2.75, 3.05) is 0 Å². The quantitative estimate of drug-likeness (QED) is 0.451. The van der Waals surface area contributed by atoms with E-state index in [1.165, 1.54) is 25.0 Å². The van der Waals surface area contributed by atoms with Crippen molar-refractivity contribution in [3.05, 3.63) is 21.2 Å². The number of thiophene rings is 3. The molecule has 0 aliphatic rings. The smallest absolute Gasteiger partial charge is 0.160 e. The molecule has 0 saturated heterocycles. The summed E-state index contributed by atoms with van der Waals surface area (Å²) < 4.78 is 4.24. The molecule has 0 amide bonds. The highest BCUT2D eigenvalue weighted by molar-refractivity contribution is 7.38. The SMILES string of the molecule is CC=Cc1sc([Si](C)(C)C)c2sc3csc(C=O)c3c12. The number of hydrogen-bond donors (Lipinski definition) is 0. The molecule has 0 aliphatic heterocycles. The highest BCUT2D eigenvalue weighted by atomic mass is 32.1. The molecule has 0 bridgehead atoms. The Morgan fingerprint density at radius 3 is 2.45 bits per heavy atom. The summed E-state index contributed by atoms with van der Waals surface area (Å²) in [6.45, 7) is 9.24. The van der Waals surface area contributed by atoms with Crippen molar-refractivity contribution in [2.45, 2.75) is 26.6 Å². The van der Waals surface area contributed by atoms with Crippen LogP contribution in [-0.4, -0.2) is 14.4 Å². The summed E-state index contributed by atoms with van der Waals surface area (Å²) in [4.78, 5) is 13.5. The topological polar surface area (TPSA) is 17.1 Å². The minimum atomic E-state index is -1.36. The van der Waals surface area contributed by atoms with Crippen LogP contribution in [0.3, 0.4) is 0 Å². The van der Waals surface area contributed by atoms with Gasteiger partial charge in [0.15, 0.2) is 6.29 Å². The molecule has 0 fully saturated rings. The molecule has 104 valence electrons. The van der Waals surface area contributed by atoms with Crippen LogP contribution in [0.2, 0.25) is 19.6 Å². The Labute approximate surface area is 131 Å². The van der Waals surface area contributed by atoms with Gasteiger partial charge in [0.1, 0.15) is 0 Å². The zero-order valence-corrected chi connectivity index (χ0v) is 15.4. The van der Waals surface area contributed by atoms with Gasteiger partial charge < -0.3 is 0 Å². The molecule has 0 unspecified atom stereocenters. The number of rotatable bonds is 3. The Bertz CT molecular complexity index is 827. The summed E-state index contributed by atoms with van der Waals surface area (Å²) in [6, 6.07) is 0. The van der Waals surface area contributed by atoms with Crippen molar-refractivity contribution in [1.29, 1.82) is 0 Å². The minimum absolute atomic E-state index is 0.872. The van der Waals surface area contributed by atoms with Crippen LogP contribution >= 0.6 is 34.0 Å². The summed E-state index contributed by atoms with van der Waals surface area (Å²) in [5, 5.41) is 4.62. The molecule has 0 saturated carbocycles. The summed E-state index contributed by atoms with van der Waals surface area (Å²) >= 11 is 5.35. The van der Waals surface area contributed by atoms with E-state index in [-0.39, 0.29) is 0 Å². The van der Waals surface area contributed by atoms with Crippen LogP contribution in [-0.2, 0) is 0 Å². The van der Waals surface area contributed by atoms with Gasteiger partial charge in [-0.3, -0.25) is 4.79 Å². The first kappa shape index (κ1) is 14.2. The van der Waals surface area contributed by atoms with E-state index < -0.39 is 8.07 Å². The lowest BCUT2D eigenvalue weighted by molar-refractivity contribution is 0.112. The van der Waals surface area contributed by atoms with E-state index in [2.05, 4.69) is 44.1 Å². The van der Waals surface area contributed by atoms with E-state index in [0.717, 1.165) is 11.2 Å². The monoisotopic (exact) mass is 336 g/mol. The van der Waals surface area contributed by atoms with Crippen molar-refractivity contribution < 1.29 is 4.79 Å². The largest absolute Gasteiger partial charge is 0.297 e. The maximum Gasteiger partial charge on any atom is 0.160 e. The Hall–Kier alpha value is -0.753. The van der Waals surface area contributed by atoms with E-state index in [9.17, 15) is 4.79 Å². The van der Waals surface area contributed by atoms with Crippen molar-refractivity contribution in [3.63, 3.8) is 0 Å². The van der Waals surface area contributed by atoms with Crippen molar-refractivity contribution in [1.82, 2.24) is 0 Å². The van der Waals surface area contributed by atoms with Crippen LogP contribution < -0.4 is 4.50 Å². The molecule has 20 heavy (non-hydrogen) atoms. The zero-order chi connectivity index (χ0) is 14.5. The third kappa shape index (κ3) is 2.04. The first-order valence-electron chi connectivity index (χ1n) is 6.52. The summed E-state index contributed by atoms with van der Waals surface area (Å²) in [6.07, 6.45) is 5.29. The Morgan fingerprint density at radius 1 is 1.10 bits per heavy atom. The second kappa shape index (κ2) is 4.91. The van der Waals surface area contributed by atoms with Crippen LogP contribution in [0, 0.1) is 0 Å².